The highest BCUT2D eigenvalue weighted by atomic mass is 16.5. The zero-order valence-corrected chi connectivity index (χ0v) is 10.9. The molecule has 2 N–H and O–H groups in total. The Kier molecular flexibility index (Phi) is 3.62. The summed E-state index contributed by atoms with van der Waals surface area (Å²) in [6.45, 7) is 6.77. The first-order valence-corrected chi connectivity index (χ1v) is 6.41. The van der Waals surface area contributed by atoms with Crippen molar-refractivity contribution in [1.82, 2.24) is 9.97 Å². The summed E-state index contributed by atoms with van der Waals surface area (Å²) in [6, 6.07) is 0. The molecule has 1 aliphatic rings. The van der Waals surface area contributed by atoms with Crippen LogP contribution in [0.2, 0.25) is 0 Å². The minimum absolute atomic E-state index is 0.0354. The average Bonchev–Trinajstić information content (AvgIpc) is 3.13. The number of hydrogen-bond acceptors (Lipinski definition) is 4. The number of nitrogens with two attached hydrogens (primary N) is 1. The van der Waals surface area contributed by atoms with Gasteiger partial charge < -0.3 is 10.5 Å². The first-order valence-electron chi connectivity index (χ1n) is 6.41. The lowest BCUT2D eigenvalue weighted by atomic mass is 10.1. The van der Waals surface area contributed by atoms with Gasteiger partial charge >= 0.3 is 0 Å². The Bertz CT molecular complexity index is 402. The van der Waals surface area contributed by atoms with E-state index in [2.05, 4.69) is 16.9 Å². The quantitative estimate of drug-likeness (QED) is 0.851. The summed E-state index contributed by atoms with van der Waals surface area (Å²) < 4.78 is 5.77. The van der Waals surface area contributed by atoms with Crippen LogP contribution in [0.4, 0.5) is 5.82 Å². The Hall–Kier alpha value is -1.16. The minimum atomic E-state index is 0.0354. The molecule has 0 bridgehead atoms. The predicted octanol–water partition coefficient (Wildman–Crippen LogP) is 2.42. The number of aryl methyl sites for hydroxylation is 1. The molecule has 0 aromatic carbocycles. The third-order valence-electron chi connectivity index (χ3n) is 3.29. The van der Waals surface area contributed by atoms with Crippen LogP contribution in [-0.2, 0) is 11.2 Å². The van der Waals surface area contributed by atoms with Gasteiger partial charge in [-0.05, 0) is 39.0 Å². The van der Waals surface area contributed by atoms with Crippen molar-refractivity contribution in [1.29, 1.82) is 0 Å². The molecule has 0 spiro atoms. The van der Waals surface area contributed by atoms with Crippen LogP contribution in [0.3, 0.4) is 0 Å². The molecule has 94 valence electrons. The zero-order valence-electron chi connectivity index (χ0n) is 10.9. The first kappa shape index (κ1) is 12.3. The van der Waals surface area contributed by atoms with E-state index < -0.39 is 0 Å². The summed E-state index contributed by atoms with van der Waals surface area (Å²) in [4.78, 5) is 9.02. The van der Waals surface area contributed by atoms with E-state index in [1.165, 1.54) is 12.8 Å². The molecule has 1 aromatic heterocycles. The van der Waals surface area contributed by atoms with E-state index in [4.69, 9.17) is 10.5 Å². The molecule has 1 atom stereocenters. The second-order valence-corrected chi connectivity index (χ2v) is 4.61. The summed E-state index contributed by atoms with van der Waals surface area (Å²) in [7, 11) is 0. The van der Waals surface area contributed by atoms with Crippen molar-refractivity contribution in [3.63, 3.8) is 0 Å². The highest BCUT2D eigenvalue weighted by molar-refractivity contribution is 5.41. The summed E-state index contributed by atoms with van der Waals surface area (Å²) in [6.07, 6.45) is 3.34. The smallest absolute Gasteiger partial charge is 0.160 e. The van der Waals surface area contributed by atoms with Gasteiger partial charge in [-0.25, -0.2) is 9.97 Å². The Morgan fingerprint density at radius 1 is 1.35 bits per heavy atom. The molecule has 1 unspecified atom stereocenters. The van der Waals surface area contributed by atoms with Gasteiger partial charge in [-0.3, -0.25) is 0 Å². The second kappa shape index (κ2) is 5.00. The van der Waals surface area contributed by atoms with Crippen LogP contribution in [-0.4, -0.2) is 16.6 Å². The van der Waals surface area contributed by atoms with E-state index in [1.54, 1.807) is 0 Å². The third-order valence-corrected chi connectivity index (χ3v) is 3.29. The maximum absolute atomic E-state index is 5.94. The van der Waals surface area contributed by atoms with E-state index in [0.29, 0.717) is 18.3 Å². The molecule has 0 saturated heterocycles. The summed E-state index contributed by atoms with van der Waals surface area (Å²) in [5.74, 6) is 1.95. The summed E-state index contributed by atoms with van der Waals surface area (Å²) in [5, 5.41) is 0. The maximum Gasteiger partial charge on any atom is 0.160 e. The molecule has 0 amide bonds. The number of rotatable bonds is 5. The van der Waals surface area contributed by atoms with Crippen molar-refractivity contribution in [2.45, 2.75) is 46.1 Å². The number of hydrogen-bond donors (Lipinski definition) is 1. The Morgan fingerprint density at radius 2 is 2.06 bits per heavy atom. The van der Waals surface area contributed by atoms with Crippen LogP contribution >= 0.6 is 0 Å². The van der Waals surface area contributed by atoms with Crippen LogP contribution in [0, 0.1) is 12.8 Å². The van der Waals surface area contributed by atoms with E-state index in [-0.39, 0.29) is 6.10 Å². The SMILES string of the molecule is CCOC(c1nc(N)c(C)c(CC)n1)C1CC1. The second-order valence-electron chi connectivity index (χ2n) is 4.61. The highest BCUT2D eigenvalue weighted by Crippen LogP contribution is 2.42. The zero-order chi connectivity index (χ0) is 12.4. The van der Waals surface area contributed by atoms with Crippen LogP contribution < -0.4 is 5.73 Å². The standard InChI is InChI=1S/C13H21N3O/c1-4-10-8(3)12(14)16-13(15-10)11(17-5-2)9-6-7-9/h9,11H,4-7H2,1-3H3,(H2,14,15,16). The van der Waals surface area contributed by atoms with Crippen molar-refractivity contribution >= 4 is 5.82 Å². The number of nitrogen functional groups attached to an aromatic ring is 1. The van der Waals surface area contributed by atoms with Crippen LogP contribution in [0.5, 0.6) is 0 Å². The van der Waals surface area contributed by atoms with Gasteiger partial charge in [-0.15, -0.1) is 0 Å². The molecule has 1 aromatic rings. The van der Waals surface area contributed by atoms with Gasteiger partial charge in [-0.1, -0.05) is 6.92 Å². The Morgan fingerprint density at radius 3 is 2.59 bits per heavy atom. The van der Waals surface area contributed by atoms with Crippen LogP contribution in [0.1, 0.15) is 49.9 Å². The van der Waals surface area contributed by atoms with Gasteiger partial charge in [0.05, 0.1) is 0 Å². The predicted molar refractivity (Wildman–Crippen MR) is 67.7 cm³/mol. The Balaban J connectivity index is 2.32. The summed E-state index contributed by atoms with van der Waals surface area (Å²) >= 11 is 0. The molecule has 17 heavy (non-hydrogen) atoms. The molecule has 4 heteroatoms. The van der Waals surface area contributed by atoms with Gasteiger partial charge in [0.2, 0.25) is 0 Å². The van der Waals surface area contributed by atoms with Gasteiger partial charge in [0, 0.05) is 17.9 Å². The van der Waals surface area contributed by atoms with Gasteiger partial charge in [0.1, 0.15) is 11.9 Å². The Labute approximate surface area is 103 Å². The molecule has 0 aliphatic heterocycles. The minimum Gasteiger partial charge on any atom is -0.383 e. The van der Waals surface area contributed by atoms with E-state index >= 15 is 0 Å². The van der Waals surface area contributed by atoms with Crippen LogP contribution in [0.15, 0.2) is 0 Å². The molecule has 1 saturated carbocycles. The topological polar surface area (TPSA) is 61.0 Å². The lowest BCUT2D eigenvalue weighted by Gasteiger charge is -2.17. The molecule has 1 fully saturated rings. The fraction of sp³-hybridized carbons (Fsp3) is 0.692. The first-order chi connectivity index (χ1) is 8.17. The molecule has 4 nitrogen and oxygen atoms in total. The molecule has 2 rings (SSSR count). The maximum atomic E-state index is 5.94. The van der Waals surface area contributed by atoms with Crippen molar-refractivity contribution in [2.24, 2.45) is 5.92 Å². The molecular formula is C13H21N3O. The summed E-state index contributed by atoms with van der Waals surface area (Å²) in [5.41, 5.74) is 7.99. The lowest BCUT2D eigenvalue weighted by molar-refractivity contribution is 0.0400. The largest absolute Gasteiger partial charge is 0.383 e. The van der Waals surface area contributed by atoms with Gasteiger partial charge in [-0.2, -0.15) is 0 Å². The molecule has 1 heterocycles. The van der Waals surface area contributed by atoms with Crippen LogP contribution in [0.25, 0.3) is 0 Å². The van der Waals surface area contributed by atoms with Crippen molar-refractivity contribution in [3.8, 4) is 0 Å². The number of anilines is 1. The normalized spacial score (nSPS) is 17.1. The third kappa shape index (κ3) is 2.57. The number of nitrogens with zero attached hydrogens (tertiary/aromatic N) is 2. The molecule has 0 radical (unpaired) electrons. The van der Waals surface area contributed by atoms with Crippen molar-refractivity contribution in [3.05, 3.63) is 17.1 Å². The van der Waals surface area contributed by atoms with E-state index in [1.807, 2.05) is 13.8 Å². The molecular weight excluding hydrogens is 214 g/mol. The number of ether oxygens (including phenoxy) is 1. The molecule has 1 aliphatic carbocycles. The fourth-order valence-electron chi connectivity index (χ4n) is 2.07. The average molecular weight is 235 g/mol. The number of aromatic nitrogens is 2. The van der Waals surface area contributed by atoms with Gasteiger partial charge in [0.15, 0.2) is 5.82 Å². The van der Waals surface area contributed by atoms with E-state index in [9.17, 15) is 0 Å². The van der Waals surface area contributed by atoms with Crippen molar-refractivity contribution < 1.29 is 4.74 Å². The van der Waals surface area contributed by atoms with E-state index in [0.717, 1.165) is 23.5 Å². The monoisotopic (exact) mass is 235 g/mol. The highest BCUT2D eigenvalue weighted by Gasteiger charge is 2.35. The fourth-order valence-corrected chi connectivity index (χ4v) is 2.07. The van der Waals surface area contributed by atoms with Gasteiger partial charge in [0.25, 0.3) is 0 Å². The lowest BCUT2D eigenvalue weighted by Crippen LogP contribution is -2.14. The van der Waals surface area contributed by atoms with Crippen molar-refractivity contribution in [2.75, 3.05) is 12.3 Å².